The SMILES string of the molecule is O=Cc1ccn2c(CC3CCNC3)nnc2c1. The quantitative estimate of drug-likeness (QED) is 0.788. The van der Waals surface area contributed by atoms with E-state index in [2.05, 4.69) is 15.5 Å². The molecule has 5 nitrogen and oxygen atoms in total. The van der Waals surface area contributed by atoms with Crippen LogP contribution in [0.15, 0.2) is 18.3 Å². The minimum Gasteiger partial charge on any atom is -0.316 e. The van der Waals surface area contributed by atoms with E-state index in [-0.39, 0.29) is 0 Å². The molecule has 2 aromatic heterocycles. The number of aldehydes is 1. The smallest absolute Gasteiger partial charge is 0.161 e. The molecule has 0 spiro atoms. The third kappa shape index (κ3) is 1.93. The molecule has 17 heavy (non-hydrogen) atoms. The van der Waals surface area contributed by atoms with Crippen molar-refractivity contribution in [3.8, 4) is 0 Å². The van der Waals surface area contributed by atoms with Gasteiger partial charge in [-0.1, -0.05) is 0 Å². The highest BCUT2D eigenvalue weighted by Crippen LogP contribution is 2.15. The van der Waals surface area contributed by atoms with E-state index >= 15 is 0 Å². The zero-order chi connectivity index (χ0) is 11.7. The number of nitrogens with one attached hydrogen (secondary N) is 1. The maximum atomic E-state index is 10.7. The van der Waals surface area contributed by atoms with Crippen LogP contribution in [0, 0.1) is 5.92 Å². The maximum absolute atomic E-state index is 10.7. The summed E-state index contributed by atoms with van der Waals surface area (Å²) in [5.74, 6) is 1.62. The van der Waals surface area contributed by atoms with E-state index in [0.717, 1.165) is 37.3 Å². The first-order valence-electron chi connectivity index (χ1n) is 5.86. The normalized spacial score (nSPS) is 19.9. The average Bonchev–Trinajstić information content (AvgIpc) is 2.99. The number of rotatable bonds is 3. The number of carbonyl (C=O) groups is 1. The van der Waals surface area contributed by atoms with Crippen molar-refractivity contribution in [3.63, 3.8) is 0 Å². The highest BCUT2D eigenvalue weighted by molar-refractivity contribution is 5.76. The van der Waals surface area contributed by atoms with E-state index in [1.54, 1.807) is 12.1 Å². The van der Waals surface area contributed by atoms with Gasteiger partial charge in [0.05, 0.1) is 0 Å². The van der Waals surface area contributed by atoms with Crippen molar-refractivity contribution in [3.05, 3.63) is 29.7 Å². The molecule has 1 N–H and O–H groups in total. The molecule has 1 aliphatic heterocycles. The topological polar surface area (TPSA) is 59.3 Å². The fraction of sp³-hybridized carbons (Fsp3) is 0.417. The second-order valence-electron chi connectivity index (χ2n) is 4.49. The molecule has 1 saturated heterocycles. The predicted octanol–water partition coefficient (Wildman–Crippen LogP) is 0.694. The fourth-order valence-corrected chi connectivity index (χ4v) is 2.32. The van der Waals surface area contributed by atoms with Crippen LogP contribution in [0.3, 0.4) is 0 Å². The zero-order valence-corrected chi connectivity index (χ0v) is 9.47. The van der Waals surface area contributed by atoms with E-state index in [4.69, 9.17) is 0 Å². The molecule has 88 valence electrons. The van der Waals surface area contributed by atoms with Crippen LogP contribution < -0.4 is 5.32 Å². The second-order valence-corrected chi connectivity index (χ2v) is 4.49. The number of pyridine rings is 1. The molecule has 1 aliphatic rings. The summed E-state index contributed by atoms with van der Waals surface area (Å²) in [7, 11) is 0. The molecule has 0 bridgehead atoms. The molecule has 3 heterocycles. The van der Waals surface area contributed by atoms with Crippen LogP contribution in [0.2, 0.25) is 0 Å². The van der Waals surface area contributed by atoms with Gasteiger partial charge in [-0.3, -0.25) is 9.20 Å². The van der Waals surface area contributed by atoms with E-state index < -0.39 is 0 Å². The first kappa shape index (κ1) is 10.4. The Hall–Kier alpha value is -1.75. The Bertz CT molecular complexity index is 542. The van der Waals surface area contributed by atoms with Crippen molar-refractivity contribution in [2.75, 3.05) is 13.1 Å². The Morgan fingerprint density at radius 1 is 1.53 bits per heavy atom. The van der Waals surface area contributed by atoms with Crippen molar-refractivity contribution in [1.29, 1.82) is 0 Å². The zero-order valence-electron chi connectivity index (χ0n) is 9.47. The summed E-state index contributed by atoms with van der Waals surface area (Å²) in [6, 6.07) is 3.55. The van der Waals surface area contributed by atoms with Crippen LogP contribution in [-0.2, 0) is 6.42 Å². The number of fused-ring (bicyclic) bond motifs is 1. The van der Waals surface area contributed by atoms with Gasteiger partial charge in [0.2, 0.25) is 0 Å². The largest absolute Gasteiger partial charge is 0.316 e. The highest BCUT2D eigenvalue weighted by atomic mass is 16.1. The second kappa shape index (κ2) is 4.25. The number of aromatic nitrogens is 3. The third-order valence-corrected chi connectivity index (χ3v) is 3.27. The van der Waals surface area contributed by atoms with Gasteiger partial charge in [-0.25, -0.2) is 0 Å². The molecule has 1 atom stereocenters. The van der Waals surface area contributed by atoms with Crippen molar-refractivity contribution >= 4 is 11.9 Å². The standard InChI is InChI=1S/C12H14N4O/c17-8-10-2-4-16-11(14-15-12(16)6-10)5-9-1-3-13-7-9/h2,4,6,8-9,13H,1,3,5,7H2. The Morgan fingerprint density at radius 2 is 2.47 bits per heavy atom. The molecule has 1 fully saturated rings. The van der Waals surface area contributed by atoms with Crippen LogP contribution in [0.5, 0.6) is 0 Å². The van der Waals surface area contributed by atoms with E-state index in [1.165, 1.54) is 6.42 Å². The minimum atomic E-state index is 0.638. The summed E-state index contributed by atoms with van der Waals surface area (Å²) >= 11 is 0. The first-order chi connectivity index (χ1) is 8.36. The number of hydrogen-bond acceptors (Lipinski definition) is 4. The number of nitrogens with zero attached hydrogens (tertiary/aromatic N) is 3. The molecule has 3 rings (SSSR count). The van der Waals surface area contributed by atoms with Crippen LogP contribution in [0.25, 0.3) is 5.65 Å². The summed E-state index contributed by atoms with van der Waals surface area (Å²) in [6.45, 7) is 2.15. The lowest BCUT2D eigenvalue weighted by molar-refractivity contribution is 0.112. The molecule has 1 unspecified atom stereocenters. The van der Waals surface area contributed by atoms with Crippen molar-refractivity contribution < 1.29 is 4.79 Å². The van der Waals surface area contributed by atoms with Gasteiger partial charge in [0.25, 0.3) is 0 Å². The van der Waals surface area contributed by atoms with Gasteiger partial charge < -0.3 is 5.32 Å². The lowest BCUT2D eigenvalue weighted by Gasteiger charge is -2.05. The van der Waals surface area contributed by atoms with E-state index in [0.29, 0.717) is 11.5 Å². The average molecular weight is 230 g/mol. The Balaban J connectivity index is 1.91. The fourth-order valence-electron chi connectivity index (χ4n) is 2.32. The molecule has 0 radical (unpaired) electrons. The summed E-state index contributed by atoms with van der Waals surface area (Å²) in [6.07, 6.45) is 4.84. The van der Waals surface area contributed by atoms with Gasteiger partial charge in [-0.05, 0) is 37.6 Å². The third-order valence-electron chi connectivity index (χ3n) is 3.27. The van der Waals surface area contributed by atoms with Crippen molar-refractivity contribution in [2.24, 2.45) is 5.92 Å². The van der Waals surface area contributed by atoms with Crippen LogP contribution in [0.4, 0.5) is 0 Å². The Kier molecular flexibility index (Phi) is 2.60. The molecule has 0 amide bonds. The summed E-state index contributed by atoms with van der Waals surface area (Å²) < 4.78 is 1.96. The number of carbonyl (C=O) groups excluding carboxylic acids is 1. The van der Waals surface area contributed by atoms with Gasteiger partial charge in [-0.15, -0.1) is 10.2 Å². The lowest BCUT2D eigenvalue weighted by Crippen LogP contribution is -2.12. The molecule has 0 aliphatic carbocycles. The maximum Gasteiger partial charge on any atom is 0.161 e. The van der Waals surface area contributed by atoms with E-state index in [1.807, 2.05) is 10.6 Å². The first-order valence-corrected chi connectivity index (χ1v) is 5.86. The highest BCUT2D eigenvalue weighted by Gasteiger charge is 2.17. The van der Waals surface area contributed by atoms with Gasteiger partial charge in [0.1, 0.15) is 12.1 Å². The van der Waals surface area contributed by atoms with Crippen LogP contribution >= 0.6 is 0 Å². The molecule has 2 aromatic rings. The number of hydrogen-bond donors (Lipinski definition) is 1. The van der Waals surface area contributed by atoms with Crippen LogP contribution in [0.1, 0.15) is 22.6 Å². The van der Waals surface area contributed by atoms with Crippen molar-refractivity contribution in [1.82, 2.24) is 19.9 Å². The van der Waals surface area contributed by atoms with Gasteiger partial charge in [0, 0.05) is 18.2 Å². The molecule has 0 saturated carbocycles. The molecular formula is C12H14N4O. The Labute approximate surface area is 98.9 Å². The van der Waals surface area contributed by atoms with Gasteiger partial charge >= 0.3 is 0 Å². The van der Waals surface area contributed by atoms with Crippen molar-refractivity contribution in [2.45, 2.75) is 12.8 Å². The monoisotopic (exact) mass is 230 g/mol. The Morgan fingerprint density at radius 3 is 3.24 bits per heavy atom. The molecular weight excluding hydrogens is 216 g/mol. The minimum absolute atomic E-state index is 0.638. The summed E-state index contributed by atoms with van der Waals surface area (Å²) in [5, 5.41) is 11.7. The molecule has 0 aromatic carbocycles. The van der Waals surface area contributed by atoms with E-state index in [9.17, 15) is 4.79 Å². The molecule has 5 heteroatoms. The van der Waals surface area contributed by atoms with Gasteiger partial charge in [-0.2, -0.15) is 0 Å². The van der Waals surface area contributed by atoms with Gasteiger partial charge in [0.15, 0.2) is 5.65 Å². The summed E-state index contributed by atoms with van der Waals surface area (Å²) in [5.41, 5.74) is 1.38. The summed E-state index contributed by atoms with van der Waals surface area (Å²) in [4.78, 5) is 10.7. The predicted molar refractivity (Wildman–Crippen MR) is 63.1 cm³/mol. The lowest BCUT2D eigenvalue weighted by atomic mass is 10.0. The van der Waals surface area contributed by atoms with Crippen LogP contribution in [-0.4, -0.2) is 34.0 Å².